The first-order valence-corrected chi connectivity index (χ1v) is 1.73. The summed E-state index contributed by atoms with van der Waals surface area (Å²) in [6, 6.07) is 3.55. The predicted octanol–water partition coefficient (Wildman–Crippen LogP) is -2.77. The molecule has 1 aromatic rings. The van der Waals surface area contributed by atoms with Crippen molar-refractivity contribution in [3.63, 3.8) is 0 Å². The van der Waals surface area contributed by atoms with Gasteiger partial charge in [0, 0.05) is 0 Å². The Morgan fingerprint density at radius 1 is 1.57 bits per heavy atom. The van der Waals surface area contributed by atoms with E-state index in [0.717, 1.165) is 0 Å². The summed E-state index contributed by atoms with van der Waals surface area (Å²) < 4.78 is 0. The molecular formula is C4H5KN2. The predicted molar refractivity (Wildman–Crippen MR) is 24.2 cm³/mol. The fraction of sp³-hybridized carbons (Fsp3) is 0. The van der Waals surface area contributed by atoms with Crippen molar-refractivity contribution < 1.29 is 51.4 Å². The SMILES string of the molecule is Nc1ccc[n-]1.[K+]. The molecule has 7 heavy (non-hydrogen) atoms. The quantitative estimate of drug-likeness (QED) is 0.376. The van der Waals surface area contributed by atoms with Crippen LogP contribution < -0.4 is 62.1 Å². The second kappa shape index (κ2) is 3.69. The van der Waals surface area contributed by atoms with Crippen molar-refractivity contribution in [2.45, 2.75) is 0 Å². The van der Waals surface area contributed by atoms with E-state index >= 15 is 0 Å². The molecule has 0 bridgehead atoms. The Bertz CT molecular complexity index is 113. The van der Waals surface area contributed by atoms with Gasteiger partial charge in [-0.25, -0.2) is 0 Å². The monoisotopic (exact) mass is 120 g/mol. The van der Waals surface area contributed by atoms with E-state index in [1.54, 1.807) is 18.3 Å². The molecule has 3 heteroatoms. The van der Waals surface area contributed by atoms with Gasteiger partial charge in [-0.15, -0.1) is 0 Å². The normalized spacial score (nSPS) is 7.43. The van der Waals surface area contributed by atoms with E-state index in [-0.39, 0.29) is 51.4 Å². The summed E-state index contributed by atoms with van der Waals surface area (Å²) in [6.45, 7) is 0. The van der Waals surface area contributed by atoms with Crippen LogP contribution in [0, 0.1) is 0 Å². The summed E-state index contributed by atoms with van der Waals surface area (Å²) in [5, 5.41) is 0. The largest absolute Gasteiger partial charge is 1.00 e. The summed E-state index contributed by atoms with van der Waals surface area (Å²) in [6.07, 6.45) is 1.66. The Kier molecular flexibility index (Phi) is 4.06. The van der Waals surface area contributed by atoms with Crippen LogP contribution in [0.25, 0.3) is 0 Å². The van der Waals surface area contributed by atoms with Gasteiger partial charge in [0.25, 0.3) is 0 Å². The van der Waals surface area contributed by atoms with Gasteiger partial charge in [0.15, 0.2) is 0 Å². The third-order valence-corrected chi connectivity index (χ3v) is 0.577. The molecule has 0 radical (unpaired) electrons. The number of hydrogen-bond donors (Lipinski definition) is 1. The molecular weight excluding hydrogens is 115 g/mol. The van der Waals surface area contributed by atoms with Crippen molar-refractivity contribution in [3.05, 3.63) is 18.3 Å². The Morgan fingerprint density at radius 3 is 2.43 bits per heavy atom. The van der Waals surface area contributed by atoms with E-state index in [4.69, 9.17) is 5.73 Å². The maximum atomic E-state index is 5.17. The molecule has 0 aliphatic carbocycles. The second-order valence-corrected chi connectivity index (χ2v) is 1.06. The maximum Gasteiger partial charge on any atom is 1.00 e. The van der Waals surface area contributed by atoms with Crippen molar-refractivity contribution in [2.24, 2.45) is 0 Å². The topological polar surface area (TPSA) is 40.1 Å². The van der Waals surface area contributed by atoms with Crippen molar-refractivity contribution in [2.75, 3.05) is 5.73 Å². The standard InChI is InChI=1S/C4H5N2.K/c5-4-2-1-3-6-4;/h1-3H,5H2;/q-1;+1. The van der Waals surface area contributed by atoms with Crippen LogP contribution in [0.1, 0.15) is 0 Å². The first-order chi connectivity index (χ1) is 2.89. The molecule has 32 valence electrons. The molecule has 0 aromatic carbocycles. The molecule has 0 spiro atoms. The number of hydrogen-bond acceptors (Lipinski definition) is 1. The Labute approximate surface area is 84.9 Å². The average Bonchev–Trinajstić information content (AvgIpc) is 1.86. The van der Waals surface area contributed by atoms with Crippen LogP contribution >= 0.6 is 0 Å². The summed E-state index contributed by atoms with van der Waals surface area (Å²) in [5.41, 5.74) is 5.17. The summed E-state index contributed by atoms with van der Waals surface area (Å²) in [7, 11) is 0. The van der Waals surface area contributed by atoms with Crippen molar-refractivity contribution >= 4 is 5.82 Å². The van der Waals surface area contributed by atoms with E-state index in [9.17, 15) is 0 Å². The molecule has 0 aliphatic heterocycles. The Morgan fingerprint density at radius 2 is 2.29 bits per heavy atom. The van der Waals surface area contributed by atoms with Crippen LogP contribution in [0.5, 0.6) is 0 Å². The minimum absolute atomic E-state index is 0. The van der Waals surface area contributed by atoms with E-state index < -0.39 is 0 Å². The molecule has 0 unspecified atom stereocenters. The molecule has 2 nitrogen and oxygen atoms in total. The molecule has 0 aliphatic rings. The number of nitrogens with zero attached hydrogens (tertiary/aromatic N) is 1. The molecule has 1 aromatic heterocycles. The van der Waals surface area contributed by atoms with Gasteiger partial charge >= 0.3 is 51.4 Å². The minimum Gasteiger partial charge on any atom is -0.495 e. The van der Waals surface area contributed by atoms with Gasteiger partial charge in [0.05, 0.1) is 0 Å². The molecule has 1 rings (SSSR count). The van der Waals surface area contributed by atoms with Crippen LogP contribution in [0.4, 0.5) is 5.82 Å². The molecule has 1 heterocycles. The third-order valence-electron chi connectivity index (χ3n) is 0.577. The molecule has 0 saturated heterocycles. The number of anilines is 1. The number of rotatable bonds is 0. The first kappa shape index (κ1) is 7.72. The van der Waals surface area contributed by atoms with Gasteiger partial charge in [-0.1, -0.05) is 24.1 Å². The molecule has 0 atom stereocenters. The van der Waals surface area contributed by atoms with E-state index in [0.29, 0.717) is 5.82 Å². The van der Waals surface area contributed by atoms with Gasteiger partial charge in [-0.05, 0) is 0 Å². The zero-order valence-corrected chi connectivity index (χ0v) is 7.38. The number of nitrogen functional groups attached to an aromatic ring is 1. The van der Waals surface area contributed by atoms with Crippen molar-refractivity contribution in [1.29, 1.82) is 0 Å². The average molecular weight is 120 g/mol. The molecule has 0 amide bonds. The van der Waals surface area contributed by atoms with E-state index in [1.807, 2.05) is 0 Å². The number of nitrogens with two attached hydrogens (primary N) is 1. The fourth-order valence-electron chi connectivity index (χ4n) is 0.314. The van der Waals surface area contributed by atoms with Gasteiger partial charge < -0.3 is 10.7 Å². The minimum atomic E-state index is 0. The molecule has 2 N–H and O–H groups in total. The number of aromatic nitrogens is 1. The Hall–Kier alpha value is 0.716. The zero-order valence-electron chi connectivity index (χ0n) is 4.26. The van der Waals surface area contributed by atoms with Crippen LogP contribution in [-0.2, 0) is 0 Å². The van der Waals surface area contributed by atoms with Crippen LogP contribution in [0.2, 0.25) is 0 Å². The molecule has 0 saturated carbocycles. The van der Waals surface area contributed by atoms with Gasteiger partial charge in [0.1, 0.15) is 0 Å². The fourth-order valence-corrected chi connectivity index (χ4v) is 0.314. The molecule has 0 fully saturated rings. The van der Waals surface area contributed by atoms with Crippen molar-refractivity contribution in [3.8, 4) is 0 Å². The van der Waals surface area contributed by atoms with Crippen LogP contribution in [-0.4, -0.2) is 0 Å². The maximum absolute atomic E-state index is 5.17. The van der Waals surface area contributed by atoms with E-state index in [1.165, 1.54) is 0 Å². The van der Waals surface area contributed by atoms with Crippen LogP contribution in [0.3, 0.4) is 0 Å². The van der Waals surface area contributed by atoms with E-state index in [2.05, 4.69) is 4.98 Å². The van der Waals surface area contributed by atoms with Gasteiger partial charge in [-0.3, -0.25) is 0 Å². The smallest absolute Gasteiger partial charge is 0.495 e. The third kappa shape index (κ3) is 2.51. The summed E-state index contributed by atoms with van der Waals surface area (Å²) in [5.74, 6) is 0.593. The Balaban J connectivity index is 0.000000360. The van der Waals surface area contributed by atoms with Crippen LogP contribution in [0.15, 0.2) is 18.3 Å². The first-order valence-electron chi connectivity index (χ1n) is 1.73. The summed E-state index contributed by atoms with van der Waals surface area (Å²) >= 11 is 0. The van der Waals surface area contributed by atoms with Gasteiger partial charge in [-0.2, -0.15) is 0 Å². The van der Waals surface area contributed by atoms with Crippen molar-refractivity contribution in [1.82, 2.24) is 4.98 Å². The second-order valence-electron chi connectivity index (χ2n) is 1.06. The zero-order chi connectivity index (χ0) is 4.41. The van der Waals surface area contributed by atoms with Gasteiger partial charge in [0.2, 0.25) is 0 Å². The summed E-state index contributed by atoms with van der Waals surface area (Å²) in [4.78, 5) is 3.69.